The zero-order valence-electron chi connectivity index (χ0n) is 18.6. The molecular weight excluding hydrogens is 420 g/mol. The van der Waals surface area contributed by atoms with Gasteiger partial charge in [-0.3, -0.25) is 4.79 Å². The van der Waals surface area contributed by atoms with Gasteiger partial charge in [0.1, 0.15) is 12.1 Å². The molecule has 2 aliphatic carbocycles. The van der Waals surface area contributed by atoms with E-state index in [1.165, 1.54) is 4.90 Å². The fraction of sp³-hybridized carbons (Fsp3) is 0.423. The van der Waals surface area contributed by atoms with Crippen molar-refractivity contribution in [3.8, 4) is 11.1 Å². The molecule has 7 nitrogen and oxygen atoms in total. The van der Waals surface area contributed by atoms with E-state index in [4.69, 9.17) is 4.74 Å². The Labute approximate surface area is 192 Å². The summed E-state index contributed by atoms with van der Waals surface area (Å²) in [6.07, 6.45) is 1.67. The van der Waals surface area contributed by atoms with E-state index >= 15 is 0 Å². The normalized spacial score (nSPS) is 23.7. The van der Waals surface area contributed by atoms with Gasteiger partial charge in [-0.1, -0.05) is 48.5 Å². The molecule has 0 unspecified atom stereocenters. The molecule has 7 heteroatoms. The molecule has 2 aromatic rings. The van der Waals surface area contributed by atoms with Gasteiger partial charge in [-0.25, -0.2) is 9.59 Å². The number of likely N-dealkylation sites (tertiary alicyclic amines) is 1. The molecule has 0 bridgehead atoms. The summed E-state index contributed by atoms with van der Waals surface area (Å²) in [4.78, 5) is 38.6. The number of nitrogens with one attached hydrogen (secondary N) is 1. The highest BCUT2D eigenvalue weighted by Crippen LogP contribution is 2.54. The van der Waals surface area contributed by atoms with Gasteiger partial charge in [0.25, 0.3) is 0 Å². The molecule has 2 fully saturated rings. The van der Waals surface area contributed by atoms with E-state index in [0.29, 0.717) is 13.0 Å². The fourth-order valence-corrected chi connectivity index (χ4v) is 5.67. The van der Waals surface area contributed by atoms with Crippen molar-refractivity contribution in [3.05, 3.63) is 59.7 Å². The molecule has 1 saturated heterocycles. The van der Waals surface area contributed by atoms with E-state index in [2.05, 4.69) is 29.6 Å². The maximum atomic E-state index is 12.8. The first-order valence-electron chi connectivity index (χ1n) is 11.6. The smallest absolute Gasteiger partial charge is 0.407 e. The number of alkyl carbamates (subject to hydrolysis) is 1. The van der Waals surface area contributed by atoms with Gasteiger partial charge in [0.05, 0.1) is 0 Å². The summed E-state index contributed by atoms with van der Waals surface area (Å²) in [5.41, 5.74) is 3.57. The SMILES string of the molecule is C[C@H](CC(=O)N1CCC[C@@H]2C[C@@]21C(=O)O)NC(=O)OCC1c2ccccc2-c2ccccc21. The maximum absolute atomic E-state index is 12.8. The third-order valence-electron chi connectivity index (χ3n) is 7.35. The van der Waals surface area contributed by atoms with Gasteiger partial charge >= 0.3 is 12.1 Å². The largest absolute Gasteiger partial charge is 0.479 e. The van der Waals surface area contributed by atoms with E-state index in [1.54, 1.807) is 6.92 Å². The highest BCUT2D eigenvalue weighted by molar-refractivity contribution is 5.91. The van der Waals surface area contributed by atoms with Crippen LogP contribution in [0.3, 0.4) is 0 Å². The third-order valence-corrected chi connectivity index (χ3v) is 7.35. The number of hydrogen-bond acceptors (Lipinski definition) is 4. The van der Waals surface area contributed by atoms with E-state index in [9.17, 15) is 19.5 Å². The number of rotatable bonds is 6. The molecule has 1 saturated carbocycles. The number of nitrogens with zero attached hydrogens (tertiary/aromatic N) is 1. The Kier molecular flexibility index (Phi) is 5.35. The molecule has 3 aliphatic rings. The van der Waals surface area contributed by atoms with Crippen molar-refractivity contribution in [1.29, 1.82) is 0 Å². The lowest BCUT2D eigenvalue weighted by Gasteiger charge is -2.34. The average molecular weight is 449 g/mol. The van der Waals surface area contributed by atoms with Crippen LogP contribution in [0.5, 0.6) is 0 Å². The predicted molar refractivity (Wildman–Crippen MR) is 122 cm³/mol. The van der Waals surface area contributed by atoms with Crippen LogP contribution in [0.25, 0.3) is 11.1 Å². The second-order valence-electron chi connectivity index (χ2n) is 9.39. The Morgan fingerprint density at radius 3 is 2.39 bits per heavy atom. The molecule has 172 valence electrons. The second-order valence-corrected chi connectivity index (χ2v) is 9.39. The van der Waals surface area contributed by atoms with Crippen LogP contribution in [0.15, 0.2) is 48.5 Å². The summed E-state index contributed by atoms with van der Waals surface area (Å²) in [5, 5.41) is 12.4. The molecule has 2 aromatic carbocycles. The van der Waals surface area contributed by atoms with Gasteiger partial charge < -0.3 is 20.1 Å². The lowest BCUT2D eigenvalue weighted by atomic mass is 9.98. The number of hydrogen-bond donors (Lipinski definition) is 2. The minimum absolute atomic E-state index is 0.0318. The van der Waals surface area contributed by atoms with Crippen molar-refractivity contribution in [2.75, 3.05) is 13.2 Å². The number of aliphatic carboxylic acids is 1. The molecule has 5 rings (SSSR count). The Hall–Kier alpha value is -3.35. The Bertz CT molecular complexity index is 1070. The van der Waals surface area contributed by atoms with Crippen LogP contribution in [0, 0.1) is 5.92 Å². The van der Waals surface area contributed by atoms with Crippen molar-refractivity contribution in [2.24, 2.45) is 5.92 Å². The first kappa shape index (κ1) is 21.5. The Morgan fingerprint density at radius 2 is 1.76 bits per heavy atom. The topological polar surface area (TPSA) is 95.9 Å². The summed E-state index contributed by atoms with van der Waals surface area (Å²) in [6.45, 7) is 2.40. The number of carbonyl (C=O) groups is 3. The third kappa shape index (κ3) is 3.65. The molecule has 2 N–H and O–H groups in total. The summed E-state index contributed by atoms with van der Waals surface area (Å²) in [5.74, 6) is -1.13. The first-order chi connectivity index (χ1) is 15.9. The highest BCUT2D eigenvalue weighted by Gasteiger charge is 2.66. The molecule has 3 atom stereocenters. The van der Waals surface area contributed by atoms with Gasteiger partial charge in [0.15, 0.2) is 0 Å². The van der Waals surface area contributed by atoms with Crippen molar-refractivity contribution in [2.45, 2.75) is 50.1 Å². The highest BCUT2D eigenvalue weighted by atomic mass is 16.5. The molecular formula is C26H28N2O5. The maximum Gasteiger partial charge on any atom is 0.407 e. The molecule has 1 heterocycles. The van der Waals surface area contributed by atoms with Crippen LogP contribution in [0.2, 0.25) is 0 Å². The number of amides is 2. The van der Waals surface area contributed by atoms with Gasteiger partial charge in [-0.15, -0.1) is 0 Å². The van der Waals surface area contributed by atoms with E-state index in [-0.39, 0.29) is 30.8 Å². The van der Waals surface area contributed by atoms with Gasteiger partial charge in [-0.2, -0.15) is 0 Å². The van der Waals surface area contributed by atoms with Crippen molar-refractivity contribution in [3.63, 3.8) is 0 Å². The summed E-state index contributed by atoms with van der Waals surface area (Å²) < 4.78 is 5.56. The van der Waals surface area contributed by atoms with Crippen molar-refractivity contribution >= 4 is 18.0 Å². The standard InChI is InChI=1S/C26H28N2O5/c1-16(13-23(29)28-12-6-7-17-14-26(17,28)24(30)31)27-25(32)33-15-22-20-10-4-2-8-18(20)19-9-3-5-11-21(19)22/h2-5,8-11,16-17,22H,6-7,12-15H2,1H3,(H,27,32)(H,30,31)/t16-,17-,26+/m1/s1. The lowest BCUT2D eigenvalue weighted by molar-refractivity contribution is -0.154. The fourth-order valence-electron chi connectivity index (χ4n) is 5.67. The number of benzene rings is 2. The number of carbonyl (C=O) groups excluding carboxylic acids is 2. The minimum Gasteiger partial charge on any atom is -0.479 e. The van der Waals surface area contributed by atoms with Crippen molar-refractivity contribution < 1.29 is 24.2 Å². The summed E-state index contributed by atoms with van der Waals surface area (Å²) >= 11 is 0. The zero-order valence-corrected chi connectivity index (χ0v) is 18.6. The number of fused-ring (bicyclic) bond motifs is 4. The number of piperidine rings is 1. The second kappa shape index (κ2) is 8.21. The van der Waals surface area contributed by atoms with Crippen LogP contribution in [0.1, 0.15) is 49.7 Å². The quantitative estimate of drug-likeness (QED) is 0.701. The lowest BCUT2D eigenvalue weighted by Crippen LogP contribution is -2.52. The minimum atomic E-state index is -1.03. The van der Waals surface area contributed by atoms with E-state index in [0.717, 1.165) is 35.1 Å². The summed E-state index contributed by atoms with van der Waals surface area (Å²) in [6, 6.07) is 15.8. The molecule has 2 amide bonds. The molecule has 33 heavy (non-hydrogen) atoms. The first-order valence-corrected chi connectivity index (χ1v) is 11.6. The van der Waals surface area contributed by atoms with Crippen LogP contribution >= 0.6 is 0 Å². The van der Waals surface area contributed by atoms with E-state index in [1.807, 2.05) is 24.3 Å². The van der Waals surface area contributed by atoms with E-state index < -0.39 is 23.6 Å². The van der Waals surface area contributed by atoms with Crippen LogP contribution in [-0.2, 0) is 14.3 Å². The monoisotopic (exact) mass is 448 g/mol. The van der Waals surface area contributed by atoms with Crippen LogP contribution in [0.4, 0.5) is 4.79 Å². The number of carboxylic acid groups (broad SMARTS) is 1. The molecule has 0 radical (unpaired) electrons. The Balaban J connectivity index is 1.18. The van der Waals surface area contributed by atoms with Crippen LogP contribution < -0.4 is 5.32 Å². The van der Waals surface area contributed by atoms with Gasteiger partial charge in [-0.05, 0) is 54.4 Å². The number of ether oxygens (including phenoxy) is 1. The zero-order chi connectivity index (χ0) is 23.2. The predicted octanol–water partition coefficient (Wildman–Crippen LogP) is 3.77. The van der Waals surface area contributed by atoms with Crippen molar-refractivity contribution in [1.82, 2.24) is 10.2 Å². The Morgan fingerprint density at radius 1 is 1.12 bits per heavy atom. The van der Waals surface area contributed by atoms with Gasteiger partial charge in [0.2, 0.25) is 5.91 Å². The average Bonchev–Trinajstić information content (AvgIpc) is 3.48. The molecule has 1 aliphatic heterocycles. The molecule has 0 aromatic heterocycles. The molecule has 0 spiro atoms. The van der Waals surface area contributed by atoms with Gasteiger partial charge in [0, 0.05) is 24.9 Å². The number of carboxylic acids is 1. The summed E-state index contributed by atoms with van der Waals surface area (Å²) in [7, 11) is 0. The van der Waals surface area contributed by atoms with Crippen LogP contribution in [-0.4, -0.2) is 52.7 Å².